The van der Waals surface area contributed by atoms with Crippen molar-refractivity contribution in [3.63, 3.8) is 0 Å². The summed E-state index contributed by atoms with van der Waals surface area (Å²) in [7, 11) is 1.35. The number of hydrogen-bond donors (Lipinski definition) is 2. The molecule has 0 fully saturated rings. The molecule has 0 bridgehead atoms. The molecule has 11 heavy (non-hydrogen) atoms. The van der Waals surface area contributed by atoms with E-state index in [0.717, 1.165) is 0 Å². The molecule has 0 aromatic carbocycles. The van der Waals surface area contributed by atoms with Gasteiger partial charge in [0.1, 0.15) is 11.9 Å². The first-order valence-electron chi connectivity index (χ1n) is 3.29. The van der Waals surface area contributed by atoms with Crippen LogP contribution >= 0.6 is 0 Å². The van der Waals surface area contributed by atoms with Crippen LogP contribution < -0.4 is 0 Å². The number of aliphatic hydroxyl groups excluding tert-OH is 2. The Kier molecular flexibility index (Phi) is 2.26. The summed E-state index contributed by atoms with van der Waals surface area (Å²) in [6.45, 7) is 0. The molecule has 0 unspecified atom stereocenters. The minimum atomic E-state index is -1.06. The molecular weight excluding hydrogens is 148 g/mol. The molecule has 2 N–H and O–H groups in total. The van der Waals surface area contributed by atoms with Crippen LogP contribution in [-0.2, 0) is 9.53 Å². The van der Waals surface area contributed by atoms with Crippen LogP contribution in [0.5, 0.6) is 0 Å². The molecular formula is C7H10O4. The largest absolute Gasteiger partial charge is 0.498 e. The van der Waals surface area contributed by atoms with E-state index in [0.29, 0.717) is 0 Å². The van der Waals surface area contributed by atoms with Gasteiger partial charge in [0.25, 0.3) is 0 Å². The van der Waals surface area contributed by atoms with Crippen molar-refractivity contribution in [1.29, 1.82) is 0 Å². The second-order valence-corrected chi connectivity index (χ2v) is 2.43. The molecule has 0 aromatic rings. The predicted molar refractivity (Wildman–Crippen MR) is 36.7 cm³/mol. The minimum absolute atomic E-state index is 0.0337. The highest BCUT2D eigenvalue weighted by Gasteiger charge is 2.28. The third-order valence-corrected chi connectivity index (χ3v) is 1.61. The fourth-order valence-electron chi connectivity index (χ4n) is 0.990. The van der Waals surface area contributed by atoms with Crippen molar-refractivity contribution in [1.82, 2.24) is 0 Å². The summed E-state index contributed by atoms with van der Waals surface area (Å²) in [5, 5.41) is 18.2. The van der Waals surface area contributed by atoms with Gasteiger partial charge in [-0.3, -0.25) is 4.79 Å². The van der Waals surface area contributed by atoms with Gasteiger partial charge in [-0.2, -0.15) is 0 Å². The van der Waals surface area contributed by atoms with Gasteiger partial charge in [-0.15, -0.1) is 0 Å². The molecule has 0 heterocycles. The monoisotopic (exact) mass is 158 g/mol. The Morgan fingerprint density at radius 1 is 1.64 bits per heavy atom. The van der Waals surface area contributed by atoms with Crippen LogP contribution in [0, 0.1) is 0 Å². The predicted octanol–water partition coefficient (Wildman–Crippen LogP) is -0.789. The summed E-state index contributed by atoms with van der Waals surface area (Å²) in [6, 6.07) is 0. The highest BCUT2D eigenvalue weighted by Crippen LogP contribution is 2.16. The molecule has 0 aliphatic heterocycles. The number of allylic oxidation sites excluding steroid dienone is 1. The highest BCUT2D eigenvalue weighted by atomic mass is 16.5. The number of hydrogen-bond acceptors (Lipinski definition) is 4. The average Bonchev–Trinajstić information content (AvgIpc) is 1.96. The maximum atomic E-state index is 10.8. The summed E-state index contributed by atoms with van der Waals surface area (Å²) in [5.74, 6) is -0.0894. The second kappa shape index (κ2) is 3.02. The first-order valence-corrected chi connectivity index (χ1v) is 3.29. The van der Waals surface area contributed by atoms with E-state index in [2.05, 4.69) is 4.74 Å². The normalized spacial score (nSPS) is 31.5. The molecule has 0 radical (unpaired) electrons. The molecule has 0 aromatic heterocycles. The van der Waals surface area contributed by atoms with Crippen LogP contribution in [0.1, 0.15) is 6.42 Å². The van der Waals surface area contributed by atoms with Crippen molar-refractivity contribution in [3.05, 3.63) is 11.8 Å². The highest BCUT2D eigenvalue weighted by molar-refractivity contribution is 5.91. The van der Waals surface area contributed by atoms with E-state index < -0.39 is 12.2 Å². The zero-order valence-corrected chi connectivity index (χ0v) is 6.15. The van der Waals surface area contributed by atoms with E-state index in [-0.39, 0.29) is 18.0 Å². The van der Waals surface area contributed by atoms with Crippen LogP contribution in [0.3, 0.4) is 0 Å². The molecule has 0 spiro atoms. The number of aliphatic hydroxyl groups is 2. The van der Waals surface area contributed by atoms with Gasteiger partial charge in [0.15, 0.2) is 5.78 Å². The van der Waals surface area contributed by atoms with Crippen molar-refractivity contribution < 1.29 is 19.7 Å². The third-order valence-electron chi connectivity index (χ3n) is 1.61. The van der Waals surface area contributed by atoms with Crippen molar-refractivity contribution in [2.45, 2.75) is 18.6 Å². The zero-order valence-electron chi connectivity index (χ0n) is 6.15. The number of carbonyl (C=O) groups is 1. The summed E-state index contributed by atoms with van der Waals surface area (Å²) < 4.78 is 4.67. The van der Waals surface area contributed by atoms with Crippen molar-refractivity contribution >= 4 is 5.78 Å². The third kappa shape index (κ3) is 1.58. The standard InChI is InChI=1S/C7H10O4/c1-11-6-3-4(8)2-5(9)7(6)10/h3,5,7,9-10H,2H2,1H3/t5-,7-/m0/s1. The SMILES string of the molecule is COC1=CC(=O)C[C@H](O)[C@@H]1O. The lowest BCUT2D eigenvalue weighted by Crippen LogP contribution is -2.34. The Labute approximate surface area is 64.1 Å². The Bertz CT molecular complexity index is 197. The van der Waals surface area contributed by atoms with E-state index in [1.54, 1.807) is 0 Å². The van der Waals surface area contributed by atoms with Crippen LogP contribution in [-0.4, -0.2) is 35.3 Å². The maximum Gasteiger partial charge on any atom is 0.161 e. The lowest BCUT2D eigenvalue weighted by molar-refractivity contribution is -0.120. The first kappa shape index (κ1) is 8.23. The Balaban J connectivity index is 2.81. The molecule has 4 nitrogen and oxygen atoms in total. The molecule has 62 valence electrons. The number of ketones is 1. The van der Waals surface area contributed by atoms with Crippen LogP contribution in [0.15, 0.2) is 11.8 Å². The molecule has 0 amide bonds. The topological polar surface area (TPSA) is 66.8 Å². The quantitative estimate of drug-likeness (QED) is 0.525. The van der Waals surface area contributed by atoms with Crippen molar-refractivity contribution in [2.75, 3.05) is 7.11 Å². The van der Waals surface area contributed by atoms with Gasteiger partial charge >= 0.3 is 0 Å². The van der Waals surface area contributed by atoms with Crippen LogP contribution in [0.4, 0.5) is 0 Å². The summed E-state index contributed by atoms with van der Waals surface area (Å²) in [5.41, 5.74) is 0. The van der Waals surface area contributed by atoms with Gasteiger partial charge in [0.2, 0.25) is 0 Å². The number of carbonyl (C=O) groups excluding carboxylic acids is 1. The zero-order chi connectivity index (χ0) is 8.43. The lowest BCUT2D eigenvalue weighted by atomic mass is 9.99. The van der Waals surface area contributed by atoms with Crippen LogP contribution in [0.25, 0.3) is 0 Å². The smallest absolute Gasteiger partial charge is 0.161 e. The van der Waals surface area contributed by atoms with E-state index in [4.69, 9.17) is 10.2 Å². The minimum Gasteiger partial charge on any atom is -0.498 e. The van der Waals surface area contributed by atoms with Gasteiger partial charge in [-0.1, -0.05) is 0 Å². The Morgan fingerprint density at radius 2 is 2.27 bits per heavy atom. The number of ether oxygens (including phenoxy) is 1. The summed E-state index contributed by atoms with van der Waals surface area (Å²) in [4.78, 5) is 10.8. The Morgan fingerprint density at radius 3 is 2.82 bits per heavy atom. The molecule has 2 atom stereocenters. The maximum absolute atomic E-state index is 10.8. The van der Waals surface area contributed by atoms with Crippen LogP contribution in [0.2, 0.25) is 0 Å². The molecule has 1 aliphatic carbocycles. The first-order chi connectivity index (χ1) is 5.15. The average molecular weight is 158 g/mol. The van der Waals surface area contributed by atoms with Gasteiger partial charge in [-0.05, 0) is 0 Å². The van der Waals surface area contributed by atoms with Gasteiger partial charge in [-0.25, -0.2) is 0 Å². The molecule has 1 rings (SSSR count). The summed E-state index contributed by atoms with van der Waals surface area (Å²) in [6.07, 6.45) is -0.911. The van der Waals surface area contributed by atoms with Gasteiger partial charge < -0.3 is 14.9 Å². The van der Waals surface area contributed by atoms with Gasteiger partial charge in [0.05, 0.1) is 13.2 Å². The van der Waals surface area contributed by atoms with Crippen molar-refractivity contribution in [3.8, 4) is 0 Å². The number of rotatable bonds is 1. The number of methoxy groups -OCH3 is 1. The fraction of sp³-hybridized carbons (Fsp3) is 0.571. The Hall–Kier alpha value is -0.870. The van der Waals surface area contributed by atoms with E-state index in [1.807, 2.05) is 0 Å². The molecule has 0 saturated heterocycles. The van der Waals surface area contributed by atoms with E-state index in [1.165, 1.54) is 13.2 Å². The second-order valence-electron chi connectivity index (χ2n) is 2.43. The van der Waals surface area contributed by atoms with E-state index in [9.17, 15) is 4.79 Å². The fourth-order valence-corrected chi connectivity index (χ4v) is 0.990. The summed E-state index contributed by atoms with van der Waals surface area (Å²) >= 11 is 0. The molecule has 4 heteroatoms. The molecule has 1 aliphatic rings. The van der Waals surface area contributed by atoms with E-state index >= 15 is 0 Å². The lowest BCUT2D eigenvalue weighted by Gasteiger charge is -2.22. The van der Waals surface area contributed by atoms with Crippen molar-refractivity contribution in [2.24, 2.45) is 0 Å². The van der Waals surface area contributed by atoms with Gasteiger partial charge in [0, 0.05) is 12.5 Å². The molecule has 0 saturated carbocycles.